The van der Waals surface area contributed by atoms with Crippen LogP contribution in [0.5, 0.6) is 0 Å². The van der Waals surface area contributed by atoms with Gasteiger partial charge in [-0.15, -0.1) is 0 Å². The van der Waals surface area contributed by atoms with Gasteiger partial charge in [0.2, 0.25) is 0 Å². The third-order valence-corrected chi connectivity index (χ3v) is 11.8. The van der Waals surface area contributed by atoms with Gasteiger partial charge in [0.05, 0.1) is 0 Å². The molecule has 4 aromatic carbocycles. The molecule has 5 rings (SSSR count). The molecule has 1 heteroatoms. The molecule has 0 unspecified atom stereocenters. The summed E-state index contributed by atoms with van der Waals surface area (Å²) in [6, 6.07) is 41.0. The zero-order valence-corrected chi connectivity index (χ0v) is 25.9. The molecule has 198 valence electrons. The van der Waals surface area contributed by atoms with Crippen LogP contribution in [0.4, 0.5) is 0 Å². The Labute approximate surface area is 237 Å². The summed E-state index contributed by atoms with van der Waals surface area (Å²) < 4.78 is 0. The van der Waals surface area contributed by atoms with Crippen LogP contribution in [-0.4, -0.2) is 8.07 Å². The monoisotopic (exact) mass is 526 g/mol. The van der Waals surface area contributed by atoms with Crippen LogP contribution in [0.2, 0.25) is 13.1 Å². The van der Waals surface area contributed by atoms with E-state index in [0.29, 0.717) is 0 Å². The highest BCUT2D eigenvalue weighted by Crippen LogP contribution is 2.55. The largest absolute Gasteiger partial charge is 0.115 e. The van der Waals surface area contributed by atoms with Gasteiger partial charge < -0.3 is 0 Å². The molecule has 0 amide bonds. The summed E-state index contributed by atoms with van der Waals surface area (Å²) in [7, 11) is -2.14. The average Bonchev–Trinajstić information content (AvgIpc) is 3.16. The molecule has 39 heavy (non-hydrogen) atoms. The molecule has 0 atom stereocenters. The predicted molar refractivity (Wildman–Crippen MR) is 174 cm³/mol. The van der Waals surface area contributed by atoms with Crippen molar-refractivity contribution in [2.75, 3.05) is 0 Å². The van der Waals surface area contributed by atoms with E-state index in [4.69, 9.17) is 0 Å². The third-order valence-electron chi connectivity index (χ3n) is 8.20. The van der Waals surface area contributed by atoms with Gasteiger partial charge in [-0.05, 0) is 65.7 Å². The summed E-state index contributed by atoms with van der Waals surface area (Å²) in [5, 5.41) is 3.06. The van der Waals surface area contributed by atoms with Crippen LogP contribution in [0.3, 0.4) is 0 Å². The van der Waals surface area contributed by atoms with Gasteiger partial charge in [-0.1, -0.05) is 164 Å². The van der Waals surface area contributed by atoms with Gasteiger partial charge in [0.25, 0.3) is 0 Å². The molecule has 0 nitrogen and oxygen atoms in total. The molecule has 0 spiro atoms. The van der Waals surface area contributed by atoms with Crippen molar-refractivity contribution in [3.63, 3.8) is 0 Å². The van der Waals surface area contributed by atoms with Crippen molar-refractivity contribution in [2.45, 2.75) is 65.5 Å². The molecule has 1 heterocycles. The number of allylic oxidation sites excluding steroid dienone is 2. The van der Waals surface area contributed by atoms with Crippen LogP contribution in [0.25, 0.3) is 21.5 Å². The van der Waals surface area contributed by atoms with Crippen LogP contribution >= 0.6 is 0 Å². The van der Waals surface area contributed by atoms with Crippen LogP contribution in [0.15, 0.2) is 109 Å². The second-order valence-electron chi connectivity index (χ2n) is 13.5. The third kappa shape index (κ3) is 5.13. The van der Waals surface area contributed by atoms with E-state index in [9.17, 15) is 0 Å². The summed E-state index contributed by atoms with van der Waals surface area (Å²) in [5.41, 5.74) is 11.1. The Bertz CT molecular complexity index is 1400. The molecule has 0 aromatic heterocycles. The van der Waals surface area contributed by atoms with Crippen molar-refractivity contribution in [1.29, 1.82) is 0 Å². The first-order valence-corrected chi connectivity index (χ1v) is 17.2. The van der Waals surface area contributed by atoms with Crippen molar-refractivity contribution in [3.05, 3.63) is 143 Å². The zero-order valence-electron chi connectivity index (χ0n) is 24.9. The Kier molecular flexibility index (Phi) is 6.93. The Morgan fingerprint density at radius 2 is 0.692 bits per heavy atom. The highest BCUT2D eigenvalue weighted by molar-refractivity contribution is 7.13. The van der Waals surface area contributed by atoms with E-state index in [-0.39, 0.29) is 10.8 Å². The van der Waals surface area contributed by atoms with Crippen molar-refractivity contribution >= 4 is 29.6 Å². The molecular weight excluding hydrogens is 485 g/mol. The van der Waals surface area contributed by atoms with Gasteiger partial charge in [-0.25, -0.2) is 0 Å². The minimum absolute atomic E-state index is 0.130. The van der Waals surface area contributed by atoms with Crippen LogP contribution in [0.1, 0.15) is 74.9 Å². The lowest BCUT2D eigenvalue weighted by Crippen LogP contribution is -2.28. The lowest BCUT2D eigenvalue weighted by molar-refractivity contribution is 0.590. The molecule has 0 radical (unpaired) electrons. The Hall–Kier alpha value is -3.42. The maximum Gasteiger partial charge on any atom is 0.115 e. The molecular formula is C38H42Si. The molecule has 0 saturated heterocycles. The van der Waals surface area contributed by atoms with E-state index in [1.54, 1.807) is 0 Å². The minimum Gasteiger partial charge on any atom is -0.0622 e. The Balaban J connectivity index is 1.82. The molecule has 0 N–H and O–H groups in total. The first kappa shape index (κ1) is 27.2. The highest BCUT2D eigenvalue weighted by atomic mass is 28.3. The quantitative estimate of drug-likeness (QED) is 0.232. The molecule has 0 bridgehead atoms. The Morgan fingerprint density at radius 1 is 0.385 bits per heavy atom. The summed E-state index contributed by atoms with van der Waals surface area (Å²) in [6.07, 6.45) is 0. The smallest absolute Gasteiger partial charge is 0.0622 e. The van der Waals surface area contributed by atoms with Crippen LogP contribution in [0, 0.1) is 0 Å². The molecule has 0 aliphatic carbocycles. The molecule has 1 aliphatic heterocycles. The van der Waals surface area contributed by atoms with E-state index in [1.165, 1.54) is 54.9 Å². The fourth-order valence-electron chi connectivity index (χ4n) is 6.07. The van der Waals surface area contributed by atoms with Gasteiger partial charge in [-0.3, -0.25) is 0 Å². The SMILES string of the molecule is CC(C)(C)c1ccc(C2=C(c3ccccc3)C(c3ccccc3)=C(c3ccc(C(C)(C)C)cc3)[Si]2(C)C)cc1. The summed E-state index contributed by atoms with van der Waals surface area (Å²) >= 11 is 0. The molecule has 1 aliphatic rings. The fraction of sp³-hybridized carbons (Fsp3) is 0.263. The molecule has 0 saturated carbocycles. The maximum atomic E-state index is 2.55. The van der Waals surface area contributed by atoms with Crippen molar-refractivity contribution in [1.82, 2.24) is 0 Å². The number of hydrogen-bond acceptors (Lipinski definition) is 0. The topological polar surface area (TPSA) is 0 Å². The molecule has 0 fully saturated rings. The highest BCUT2D eigenvalue weighted by Gasteiger charge is 2.43. The van der Waals surface area contributed by atoms with Crippen molar-refractivity contribution in [2.24, 2.45) is 0 Å². The lowest BCUT2D eigenvalue weighted by atomic mass is 9.85. The second-order valence-corrected chi connectivity index (χ2v) is 17.8. The van der Waals surface area contributed by atoms with Crippen LogP contribution in [-0.2, 0) is 10.8 Å². The van der Waals surface area contributed by atoms with Crippen molar-refractivity contribution in [3.8, 4) is 0 Å². The van der Waals surface area contributed by atoms with Gasteiger partial charge in [0.1, 0.15) is 8.07 Å². The first-order chi connectivity index (χ1) is 18.4. The van der Waals surface area contributed by atoms with E-state index < -0.39 is 8.07 Å². The number of rotatable bonds is 4. The first-order valence-electron chi connectivity index (χ1n) is 14.2. The summed E-state index contributed by atoms with van der Waals surface area (Å²) in [4.78, 5) is 0. The summed E-state index contributed by atoms with van der Waals surface area (Å²) in [6.45, 7) is 18.8. The van der Waals surface area contributed by atoms with Crippen LogP contribution < -0.4 is 0 Å². The van der Waals surface area contributed by atoms with Gasteiger partial charge in [-0.2, -0.15) is 0 Å². The second kappa shape index (κ2) is 9.95. The number of hydrogen-bond donors (Lipinski definition) is 0. The minimum atomic E-state index is -2.14. The van der Waals surface area contributed by atoms with Crippen molar-refractivity contribution < 1.29 is 0 Å². The van der Waals surface area contributed by atoms with Gasteiger partial charge >= 0.3 is 0 Å². The summed E-state index contributed by atoms with van der Waals surface area (Å²) in [5.74, 6) is 0. The zero-order chi connectivity index (χ0) is 28.0. The predicted octanol–water partition coefficient (Wildman–Crippen LogP) is 10.6. The van der Waals surface area contributed by atoms with Gasteiger partial charge in [0, 0.05) is 0 Å². The van der Waals surface area contributed by atoms with E-state index >= 15 is 0 Å². The van der Waals surface area contributed by atoms with E-state index in [1.807, 2.05) is 0 Å². The van der Waals surface area contributed by atoms with E-state index in [0.717, 1.165) is 0 Å². The van der Waals surface area contributed by atoms with Gasteiger partial charge in [0.15, 0.2) is 0 Å². The fourth-order valence-corrected chi connectivity index (χ4v) is 9.89. The lowest BCUT2D eigenvalue weighted by Gasteiger charge is -2.28. The average molecular weight is 527 g/mol. The maximum absolute atomic E-state index is 2.55. The molecule has 4 aromatic rings. The normalized spacial score (nSPS) is 15.7. The standard InChI is InChI=1S/C38H42Si/c1-37(2,3)31-23-19-29(20-24-31)35-33(27-15-11-9-12-16-27)34(28-17-13-10-14-18-28)36(39(35,7)8)30-21-25-32(26-22-30)38(4,5)6/h9-26H,1-8H3. The van der Waals surface area contributed by atoms with E-state index in [2.05, 4.69) is 164 Å². The Morgan fingerprint density at radius 3 is 0.974 bits per heavy atom. The number of benzene rings is 4.